The molecule has 2 rings (SSSR count). The molecule has 2 N–H and O–H groups in total. The quantitative estimate of drug-likeness (QED) is 0.682. The first-order valence-corrected chi connectivity index (χ1v) is 5.86. The molecule has 2 heterocycles. The van der Waals surface area contributed by atoms with Gasteiger partial charge in [0.25, 0.3) is 0 Å². The highest BCUT2D eigenvalue weighted by atomic mass is 16.5. The molecule has 14 heavy (non-hydrogen) atoms. The van der Waals surface area contributed by atoms with E-state index in [0.29, 0.717) is 18.1 Å². The average Bonchev–Trinajstić information content (AvgIpc) is 2.19. The Hall–Kier alpha value is -0.120. The van der Waals surface area contributed by atoms with Crippen molar-refractivity contribution in [1.29, 1.82) is 0 Å². The first kappa shape index (κ1) is 10.4. The summed E-state index contributed by atoms with van der Waals surface area (Å²) in [7, 11) is 0. The lowest BCUT2D eigenvalue weighted by molar-refractivity contribution is -0.0101. The van der Waals surface area contributed by atoms with Gasteiger partial charge < -0.3 is 10.5 Å². The van der Waals surface area contributed by atoms with Crippen LogP contribution in [0.4, 0.5) is 0 Å². The van der Waals surface area contributed by atoms with E-state index in [1.165, 1.54) is 12.8 Å². The van der Waals surface area contributed by atoms with E-state index >= 15 is 0 Å². The number of ether oxygens (including phenoxy) is 1. The molecule has 0 aromatic carbocycles. The van der Waals surface area contributed by atoms with Crippen molar-refractivity contribution in [2.24, 2.45) is 5.73 Å². The maximum atomic E-state index is 5.96. The fourth-order valence-corrected chi connectivity index (χ4v) is 2.75. The van der Waals surface area contributed by atoms with Crippen molar-refractivity contribution < 1.29 is 4.74 Å². The number of hydrogen-bond donors (Lipinski definition) is 1. The summed E-state index contributed by atoms with van der Waals surface area (Å²) in [5.41, 5.74) is 5.96. The van der Waals surface area contributed by atoms with Crippen molar-refractivity contribution in [3.63, 3.8) is 0 Å². The lowest BCUT2D eigenvalue weighted by Gasteiger charge is -2.42. The summed E-state index contributed by atoms with van der Waals surface area (Å²) in [5.74, 6) is 0. The summed E-state index contributed by atoms with van der Waals surface area (Å²) in [5, 5.41) is 0. The molecule has 3 heteroatoms. The largest absolute Gasteiger partial charge is 0.380 e. The van der Waals surface area contributed by atoms with Gasteiger partial charge in [0, 0.05) is 31.3 Å². The number of rotatable bonds is 1. The smallest absolute Gasteiger partial charge is 0.0621 e. The summed E-state index contributed by atoms with van der Waals surface area (Å²) >= 11 is 0. The Morgan fingerprint density at radius 1 is 1.36 bits per heavy atom. The normalized spacial score (nSPS) is 41.1. The molecule has 0 amide bonds. The molecule has 3 unspecified atom stereocenters. The molecule has 0 aliphatic carbocycles. The third-order valence-electron chi connectivity index (χ3n) is 3.57. The molecule has 2 fully saturated rings. The topological polar surface area (TPSA) is 38.5 Å². The van der Waals surface area contributed by atoms with Crippen LogP contribution in [0, 0.1) is 0 Å². The van der Waals surface area contributed by atoms with Crippen LogP contribution in [-0.4, -0.2) is 42.8 Å². The van der Waals surface area contributed by atoms with Crippen LogP contribution in [-0.2, 0) is 4.74 Å². The van der Waals surface area contributed by atoms with E-state index in [1.54, 1.807) is 0 Å². The molecule has 82 valence electrons. The SMILES string of the molecule is CC1CC(N)CCN1C1CCCOC1. The molecule has 2 saturated heterocycles. The van der Waals surface area contributed by atoms with E-state index in [0.717, 1.165) is 32.6 Å². The Labute approximate surface area is 86.6 Å². The number of nitrogens with two attached hydrogens (primary N) is 1. The number of piperidine rings is 1. The fraction of sp³-hybridized carbons (Fsp3) is 1.00. The van der Waals surface area contributed by atoms with Crippen LogP contribution < -0.4 is 5.73 Å². The van der Waals surface area contributed by atoms with Gasteiger partial charge in [0.15, 0.2) is 0 Å². The Morgan fingerprint density at radius 2 is 2.21 bits per heavy atom. The van der Waals surface area contributed by atoms with Gasteiger partial charge in [0.05, 0.1) is 6.61 Å². The molecule has 0 aromatic rings. The summed E-state index contributed by atoms with van der Waals surface area (Å²) in [4.78, 5) is 2.60. The molecule has 0 bridgehead atoms. The fourth-order valence-electron chi connectivity index (χ4n) is 2.75. The van der Waals surface area contributed by atoms with Gasteiger partial charge in [0.2, 0.25) is 0 Å². The number of likely N-dealkylation sites (tertiary alicyclic amines) is 1. The highest BCUT2D eigenvalue weighted by Crippen LogP contribution is 2.22. The minimum Gasteiger partial charge on any atom is -0.380 e. The average molecular weight is 198 g/mol. The summed E-state index contributed by atoms with van der Waals surface area (Å²) in [6, 6.07) is 1.72. The first-order valence-electron chi connectivity index (χ1n) is 5.86. The van der Waals surface area contributed by atoms with Crippen molar-refractivity contribution in [3.05, 3.63) is 0 Å². The number of nitrogens with zero attached hydrogens (tertiary/aromatic N) is 1. The Bertz CT molecular complexity index is 180. The zero-order valence-electron chi connectivity index (χ0n) is 9.11. The third kappa shape index (κ3) is 2.27. The molecular formula is C11H22N2O. The zero-order chi connectivity index (χ0) is 9.97. The van der Waals surface area contributed by atoms with Crippen LogP contribution in [0.2, 0.25) is 0 Å². The second kappa shape index (κ2) is 4.60. The molecular weight excluding hydrogens is 176 g/mol. The van der Waals surface area contributed by atoms with Crippen LogP contribution in [0.15, 0.2) is 0 Å². The van der Waals surface area contributed by atoms with Crippen LogP contribution in [0.5, 0.6) is 0 Å². The molecule has 2 aliphatic rings. The van der Waals surface area contributed by atoms with E-state index in [2.05, 4.69) is 11.8 Å². The summed E-state index contributed by atoms with van der Waals surface area (Å²) in [6.45, 7) is 5.35. The molecule has 0 saturated carbocycles. The molecule has 0 spiro atoms. The van der Waals surface area contributed by atoms with Crippen molar-refractivity contribution in [2.45, 2.75) is 50.7 Å². The van der Waals surface area contributed by atoms with Crippen LogP contribution in [0.1, 0.15) is 32.6 Å². The standard InChI is InChI=1S/C11H22N2O/c1-9-7-10(12)4-5-13(9)11-3-2-6-14-8-11/h9-11H,2-8,12H2,1H3. The third-order valence-corrected chi connectivity index (χ3v) is 3.57. The van der Waals surface area contributed by atoms with E-state index in [4.69, 9.17) is 10.5 Å². The lowest BCUT2D eigenvalue weighted by atomic mass is 9.95. The Morgan fingerprint density at radius 3 is 2.86 bits per heavy atom. The minimum absolute atomic E-state index is 0.422. The summed E-state index contributed by atoms with van der Waals surface area (Å²) < 4.78 is 5.54. The zero-order valence-corrected chi connectivity index (χ0v) is 9.11. The number of hydrogen-bond acceptors (Lipinski definition) is 3. The monoisotopic (exact) mass is 198 g/mol. The van der Waals surface area contributed by atoms with Crippen molar-refractivity contribution >= 4 is 0 Å². The van der Waals surface area contributed by atoms with Gasteiger partial charge in [-0.3, -0.25) is 4.90 Å². The van der Waals surface area contributed by atoms with Gasteiger partial charge in [-0.1, -0.05) is 0 Å². The highest BCUT2D eigenvalue weighted by Gasteiger charge is 2.29. The van der Waals surface area contributed by atoms with Crippen molar-refractivity contribution in [3.8, 4) is 0 Å². The highest BCUT2D eigenvalue weighted by molar-refractivity contribution is 4.86. The van der Waals surface area contributed by atoms with Crippen LogP contribution >= 0.6 is 0 Å². The van der Waals surface area contributed by atoms with Crippen LogP contribution in [0.3, 0.4) is 0 Å². The summed E-state index contributed by atoms with van der Waals surface area (Å²) in [6.07, 6.45) is 4.83. The van der Waals surface area contributed by atoms with Crippen molar-refractivity contribution in [1.82, 2.24) is 4.90 Å². The Balaban J connectivity index is 1.89. The van der Waals surface area contributed by atoms with E-state index in [-0.39, 0.29) is 0 Å². The Kier molecular flexibility index (Phi) is 3.42. The van der Waals surface area contributed by atoms with E-state index in [1.807, 2.05) is 0 Å². The second-order valence-electron chi connectivity index (χ2n) is 4.74. The first-order chi connectivity index (χ1) is 6.77. The van der Waals surface area contributed by atoms with Crippen LogP contribution in [0.25, 0.3) is 0 Å². The van der Waals surface area contributed by atoms with Gasteiger partial charge in [-0.25, -0.2) is 0 Å². The van der Waals surface area contributed by atoms with Gasteiger partial charge in [-0.05, 0) is 32.6 Å². The molecule has 0 radical (unpaired) electrons. The second-order valence-corrected chi connectivity index (χ2v) is 4.74. The molecule has 3 nitrogen and oxygen atoms in total. The maximum absolute atomic E-state index is 5.96. The van der Waals surface area contributed by atoms with E-state index < -0.39 is 0 Å². The maximum Gasteiger partial charge on any atom is 0.0621 e. The molecule has 3 atom stereocenters. The van der Waals surface area contributed by atoms with Gasteiger partial charge in [0.1, 0.15) is 0 Å². The van der Waals surface area contributed by atoms with Crippen molar-refractivity contribution in [2.75, 3.05) is 19.8 Å². The minimum atomic E-state index is 0.422. The van der Waals surface area contributed by atoms with Gasteiger partial charge in [-0.15, -0.1) is 0 Å². The molecule has 2 aliphatic heterocycles. The van der Waals surface area contributed by atoms with Gasteiger partial charge in [-0.2, -0.15) is 0 Å². The van der Waals surface area contributed by atoms with E-state index in [9.17, 15) is 0 Å². The molecule has 0 aromatic heterocycles. The predicted molar refractivity (Wildman–Crippen MR) is 57.2 cm³/mol. The van der Waals surface area contributed by atoms with Gasteiger partial charge >= 0.3 is 0 Å². The lowest BCUT2D eigenvalue weighted by Crippen LogP contribution is -2.52. The predicted octanol–water partition coefficient (Wildman–Crippen LogP) is 0.977.